The molecule has 0 saturated carbocycles. The van der Waals surface area contributed by atoms with Gasteiger partial charge in [-0.25, -0.2) is 4.39 Å². The van der Waals surface area contributed by atoms with Gasteiger partial charge in [0.2, 0.25) is 5.91 Å². The molecule has 0 fully saturated rings. The molecule has 3 rings (SSSR count). The maximum Gasteiger partial charge on any atom is 0.262 e. The zero-order valence-electron chi connectivity index (χ0n) is 15.6. The van der Waals surface area contributed by atoms with Crippen LogP contribution in [0.2, 0.25) is 0 Å². The van der Waals surface area contributed by atoms with Gasteiger partial charge in [-0.05, 0) is 29.1 Å². The molecule has 0 radical (unpaired) electrons. The van der Waals surface area contributed by atoms with Gasteiger partial charge >= 0.3 is 0 Å². The lowest BCUT2D eigenvalue weighted by molar-refractivity contribution is -0.123. The number of carbonyl (C=O) groups is 2. The third kappa shape index (κ3) is 6.43. The number of halogens is 1. The van der Waals surface area contributed by atoms with Gasteiger partial charge in [0.15, 0.2) is 0 Å². The second kappa shape index (κ2) is 10.4. The predicted molar refractivity (Wildman–Crippen MR) is 111 cm³/mol. The molecule has 7 heteroatoms. The first-order chi connectivity index (χ1) is 14.1. The molecule has 0 saturated heterocycles. The van der Waals surface area contributed by atoms with E-state index in [1.807, 2.05) is 35.7 Å². The van der Waals surface area contributed by atoms with E-state index in [4.69, 9.17) is 4.74 Å². The third-order valence-electron chi connectivity index (χ3n) is 4.12. The molecule has 2 amide bonds. The van der Waals surface area contributed by atoms with Crippen molar-refractivity contribution in [3.05, 3.63) is 88.4 Å². The third-order valence-corrected chi connectivity index (χ3v) is 4.98. The smallest absolute Gasteiger partial charge is 0.262 e. The summed E-state index contributed by atoms with van der Waals surface area (Å²) in [6.07, 6.45) is 0.370. The minimum Gasteiger partial charge on any atom is -0.492 e. The van der Waals surface area contributed by atoms with Gasteiger partial charge in [0, 0.05) is 12.5 Å². The van der Waals surface area contributed by atoms with Crippen molar-refractivity contribution in [3.8, 4) is 5.75 Å². The van der Waals surface area contributed by atoms with Crippen molar-refractivity contribution in [2.45, 2.75) is 12.5 Å². The van der Waals surface area contributed by atoms with E-state index in [-0.39, 0.29) is 30.8 Å². The molecule has 150 valence electrons. The predicted octanol–water partition coefficient (Wildman–Crippen LogP) is 3.42. The standard InChI is InChI=1S/C22H21FN2O3S/c23-17-8-4-9-18(15-17)28-12-11-24-21(26)19(14-16-6-2-1-3-7-16)25-22(27)20-10-5-13-29-20/h1-10,13,15,19H,11-12,14H2,(H,24,26)(H,25,27). The highest BCUT2D eigenvalue weighted by Crippen LogP contribution is 2.12. The summed E-state index contributed by atoms with van der Waals surface area (Å²) in [6.45, 7) is 0.418. The Morgan fingerprint density at radius 2 is 1.86 bits per heavy atom. The first-order valence-electron chi connectivity index (χ1n) is 9.16. The number of ether oxygens (including phenoxy) is 1. The van der Waals surface area contributed by atoms with Gasteiger partial charge in [0.05, 0.1) is 11.4 Å². The zero-order valence-corrected chi connectivity index (χ0v) is 16.5. The highest BCUT2D eigenvalue weighted by Gasteiger charge is 2.22. The van der Waals surface area contributed by atoms with E-state index >= 15 is 0 Å². The highest BCUT2D eigenvalue weighted by atomic mass is 32.1. The number of rotatable bonds is 9. The molecule has 2 N–H and O–H groups in total. The number of hydrogen-bond acceptors (Lipinski definition) is 4. The van der Waals surface area contributed by atoms with Crippen LogP contribution < -0.4 is 15.4 Å². The van der Waals surface area contributed by atoms with Crippen LogP contribution in [0.1, 0.15) is 15.2 Å². The summed E-state index contributed by atoms with van der Waals surface area (Å²) in [6, 6.07) is 18.1. The van der Waals surface area contributed by atoms with Crippen LogP contribution in [0, 0.1) is 5.82 Å². The van der Waals surface area contributed by atoms with Crippen LogP contribution in [0.15, 0.2) is 72.1 Å². The molecule has 2 aromatic carbocycles. The van der Waals surface area contributed by atoms with Gasteiger partial charge in [-0.2, -0.15) is 0 Å². The second-order valence-electron chi connectivity index (χ2n) is 6.29. The fourth-order valence-corrected chi connectivity index (χ4v) is 3.35. The Morgan fingerprint density at radius 1 is 1.03 bits per heavy atom. The summed E-state index contributed by atoms with van der Waals surface area (Å²) >= 11 is 1.32. The van der Waals surface area contributed by atoms with Crippen molar-refractivity contribution in [1.29, 1.82) is 0 Å². The number of amides is 2. The van der Waals surface area contributed by atoms with Gasteiger partial charge in [-0.1, -0.05) is 42.5 Å². The lowest BCUT2D eigenvalue weighted by atomic mass is 10.1. The summed E-state index contributed by atoms with van der Waals surface area (Å²) in [7, 11) is 0. The molecule has 0 bridgehead atoms. The van der Waals surface area contributed by atoms with Crippen LogP contribution in [-0.4, -0.2) is 31.0 Å². The number of thiophene rings is 1. The highest BCUT2D eigenvalue weighted by molar-refractivity contribution is 7.12. The summed E-state index contributed by atoms with van der Waals surface area (Å²) < 4.78 is 18.6. The second-order valence-corrected chi connectivity index (χ2v) is 7.24. The number of carbonyl (C=O) groups excluding carboxylic acids is 2. The minimum atomic E-state index is -0.721. The van der Waals surface area contributed by atoms with Gasteiger partial charge in [0.1, 0.15) is 24.2 Å². The average molecular weight is 412 g/mol. The normalized spacial score (nSPS) is 11.5. The molecule has 3 aromatic rings. The van der Waals surface area contributed by atoms with Crippen LogP contribution in [0.5, 0.6) is 5.75 Å². The van der Waals surface area contributed by atoms with Crippen molar-refractivity contribution < 1.29 is 18.7 Å². The Labute approximate surface area is 172 Å². The van der Waals surface area contributed by atoms with E-state index in [0.717, 1.165) is 5.56 Å². The van der Waals surface area contributed by atoms with E-state index in [1.165, 1.54) is 23.5 Å². The maximum absolute atomic E-state index is 13.2. The van der Waals surface area contributed by atoms with E-state index in [2.05, 4.69) is 10.6 Å². The summed E-state index contributed by atoms with van der Waals surface area (Å²) in [5.74, 6) is -0.578. The van der Waals surface area contributed by atoms with Crippen molar-refractivity contribution in [2.75, 3.05) is 13.2 Å². The summed E-state index contributed by atoms with van der Waals surface area (Å²) in [5.41, 5.74) is 0.940. The lowest BCUT2D eigenvalue weighted by Gasteiger charge is -2.18. The fourth-order valence-electron chi connectivity index (χ4n) is 2.72. The number of nitrogens with one attached hydrogen (secondary N) is 2. The quantitative estimate of drug-likeness (QED) is 0.529. The molecule has 1 aromatic heterocycles. The first kappa shape index (κ1) is 20.5. The molecule has 0 aliphatic rings. The molecule has 0 aliphatic carbocycles. The van der Waals surface area contributed by atoms with Gasteiger partial charge in [-0.3, -0.25) is 9.59 Å². The van der Waals surface area contributed by atoms with Gasteiger partial charge in [-0.15, -0.1) is 11.3 Å². The Morgan fingerprint density at radius 3 is 2.59 bits per heavy atom. The van der Waals surface area contributed by atoms with E-state index in [0.29, 0.717) is 17.0 Å². The van der Waals surface area contributed by atoms with Crippen LogP contribution in [0.4, 0.5) is 4.39 Å². The van der Waals surface area contributed by atoms with Crippen molar-refractivity contribution in [1.82, 2.24) is 10.6 Å². The van der Waals surface area contributed by atoms with Crippen molar-refractivity contribution >= 4 is 23.2 Å². The Kier molecular flexibility index (Phi) is 7.35. The molecule has 5 nitrogen and oxygen atoms in total. The van der Waals surface area contributed by atoms with Gasteiger partial charge < -0.3 is 15.4 Å². The molecule has 1 atom stereocenters. The SMILES string of the molecule is O=C(NC(Cc1ccccc1)C(=O)NCCOc1cccc(F)c1)c1cccs1. The van der Waals surface area contributed by atoms with Crippen LogP contribution in [0.25, 0.3) is 0 Å². The van der Waals surface area contributed by atoms with Gasteiger partial charge in [0.25, 0.3) is 5.91 Å². The Balaban J connectivity index is 1.56. The minimum absolute atomic E-state index is 0.187. The Bertz CT molecular complexity index is 932. The van der Waals surface area contributed by atoms with Crippen molar-refractivity contribution in [3.63, 3.8) is 0 Å². The summed E-state index contributed by atoms with van der Waals surface area (Å²) in [4.78, 5) is 25.6. The number of hydrogen-bond donors (Lipinski definition) is 2. The average Bonchev–Trinajstić information content (AvgIpc) is 3.26. The Hall–Kier alpha value is -3.19. The van der Waals surface area contributed by atoms with E-state index < -0.39 is 6.04 Å². The zero-order chi connectivity index (χ0) is 20.5. The molecular formula is C22H21FN2O3S. The molecule has 1 unspecified atom stereocenters. The topological polar surface area (TPSA) is 67.4 Å². The molecule has 0 spiro atoms. The van der Waals surface area contributed by atoms with E-state index in [9.17, 15) is 14.0 Å². The molecule has 1 heterocycles. The van der Waals surface area contributed by atoms with Crippen LogP contribution in [-0.2, 0) is 11.2 Å². The van der Waals surface area contributed by atoms with Crippen LogP contribution >= 0.6 is 11.3 Å². The molecule has 29 heavy (non-hydrogen) atoms. The van der Waals surface area contributed by atoms with Crippen molar-refractivity contribution in [2.24, 2.45) is 0 Å². The largest absolute Gasteiger partial charge is 0.492 e. The fraction of sp³-hybridized carbons (Fsp3) is 0.182. The molecule has 0 aliphatic heterocycles. The molecular weight excluding hydrogens is 391 g/mol. The maximum atomic E-state index is 13.2. The monoisotopic (exact) mass is 412 g/mol. The van der Waals surface area contributed by atoms with Crippen LogP contribution in [0.3, 0.4) is 0 Å². The number of benzene rings is 2. The van der Waals surface area contributed by atoms with E-state index in [1.54, 1.807) is 24.3 Å². The first-order valence-corrected chi connectivity index (χ1v) is 10.0. The lowest BCUT2D eigenvalue weighted by Crippen LogP contribution is -2.48. The summed E-state index contributed by atoms with van der Waals surface area (Å²) in [5, 5.41) is 7.38.